The summed E-state index contributed by atoms with van der Waals surface area (Å²) < 4.78 is 1.67. The lowest BCUT2D eigenvalue weighted by Crippen LogP contribution is -2.14. The zero-order valence-electron chi connectivity index (χ0n) is 16.1. The van der Waals surface area contributed by atoms with E-state index in [4.69, 9.17) is 11.6 Å². The van der Waals surface area contributed by atoms with E-state index in [1.807, 2.05) is 86.6 Å². The largest absolute Gasteiger partial charge is 0.319 e. The highest BCUT2D eigenvalue weighted by Gasteiger charge is 2.20. The maximum Gasteiger partial charge on any atom is 0.295 e. The third-order valence-electron chi connectivity index (χ3n) is 4.55. The van der Waals surface area contributed by atoms with Gasteiger partial charge in [0.15, 0.2) is 5.82 Å². The molecule has 1 N–H and O–H groups in total. The molecule has 0 saturated carbocycles. The fourth-order valence-corrected chi connectivity index (χ4v) is 3.15. The van der Waals surface area contributed by atoms with Crippen LogP contribution in [0.4, 0.5) is 5.69 Å². The molecule has 0 radical (unpaired) electrons. The van der Waals surface area contributed by atoms with Gasteiger partial charge in [-0.1, -0.05) is 65.7 Å². The molecule has 1 aromatic heterocycles. The molecule has 0 saturated heterocycles. The van der Waals surface area contributed by atoms with Gasteiger partial charge in [-0.3, -0.25) is 4.79 Å². The van der Waals surface area contributed by atoms with Crippen molar-refractivity contribution >= 4 is 23.2 Å². The summed E-state index contributed by atoms with van der Waals surface area (Å²) in [6, 6.07) is 22.8. The third-order valence-corrected chi connectivity index (χ3v) is 4.79. The minimum Gasteiger partial charge on any atom is -0.319 e. The van der Waals surface area contributed by atoms with E-state index in [0.29, 0.717) is 16.5 Å². The Labute approximate surface area is 174 Å². The lowest BCUT2D eigenvalue weighted by atomic mass is 10.2. The Morgan fingerprint density at radius 2 is 1.69 bits per heavy atom. The molecule has 0 fully saturated rings. The van der Waals surface area contributed by atoms with Crippen LogP contribution in [-0.2, 0) is 0 Å². The van der Waals surface area contributed by atoms with Crippen LogP contribution in [0.2, 0.25) is 5.02 Å². The summed E-state index contributed by atoms with van der Waals surface area (Å²) in [5.74, 6) is 0.290. The average molecular weight is 403 g/mol. The maximum atomic E-state index is 12.8. The first kappa shape index (κ1) is 18.9. The van der Waals surface area contributed by atoms with Crippen LogP contribution >= 0.6 is 11.6 Å². The number of nitrogens with one attached hydrogen (secondary N) is 1. The second-order valence-electron chi connectivity index (χ2n) is 6.79. The van der Waals surface area contributed by atoms with Crippen molar-refractivity contribution in [1.82, 2.24) is 14.8 Å². The van der Waals surface area contributed by atoms with Crippen LogP contribution in [0.3, 0.4) is 0 Å². The number of hydrogen-bond acceptors (Lipinski definition) is 3. The average Bonchev–Trinajstić information content (AvgIpc) is 3.17. The first-order valence-electron chi connectivity index (χ1n) is 9.18. The fourth-order valence-electron chi connectivity index (χ4n) is 2.98. The molecule has 0 spiro atoms. The number of hydrogen-bond donors (Lipinski definition) is 1. The first-order valence-corrected chi connectivity index (χ1v) is 9.56. The topological polar surface area (TPSA) is 59.8 Å². The van der Waals surface area contributed by atoms with E-state index in [1.54, 1.807) is 4.68 Å². The van der Waals surface area contributed by atoms with E-state index in [2.05, 4.69) is 15.4 Å². The summed E-state index contributed by atoms with van der Waals surface area (Å²) in [6.45, 7) is 3.96. The predicted octanol–water partition coefficient (Wildman–Crippen LogP) is 5.46. The zero-order valence-corrected chi connectivity index (χ0v) is 16.8. The minimum atomic E-state index is -0.371. The van der Waals surface area contributed by atoms with Crippen LogP contribution in [0.5, 0.6) is 0 Å². The van der Waals surface area contributed by atoms with Crippen molar-refractivity contribution in [3.8, 4) is 17.1 Å². The fraction of sp³-hybridized carbons (Fsp3) is 0.0870. The van der Waals surface area contributed by atoms with E-state index >= 15 is 0 Å². The van der Waals surface area contributed by atoms with Gasteiger partial charge in [-0.15, -0.1) is 5.10 Å². The number of carbonyl (C=O) groups is 1. The van der Waals surface area contributed by atoms with Crippen molar-refractivity contribution in [3.05, 3.63) is 94.8 Å². The van der Waals surface area contributed by atoms with E-state index in [1.165, 1.54) is 0 Å². The summed E-state index contributed by atoms with van der Waals surface area (Å²) >= 11 is 6.21. The second kappa shape index (κ2) is 7.89. The molecule has 0 atom stereocenters. The molecule has 144 valence electrons. The summed E-state index contributed by atoms with van der Waals surface area (Å²) in [6.07, 6.45) is 0. The van der Waals surface area contributed by atoms with Gasteiger partial charge in [0.25, 0.3) is 5.91 Å². The summed E-state index contributed by atoms with van der Waals surface area (Å²) in [5, 5.41) is 7.95. The van der Waals surface area contributed by atoms with Crippen molar-refractivity contribution in [2.75, 3.05) is 5.32 Å². The first-order chi connectivity index (χ1) is 14.0. The molecule has 0 aliphatic rings. The number of anilines is 1. The zero-order chi connectivity index (χ0) is 20.4. The maximum absolute atomic E-state index is 12.8. The number of carbonyl (C=O) groups excluding carboxylic acids is 1. The molecule has 6 heteroatoms. The van der Waals surface area contributed by atoms with Crippen LogP contribution in [0.25, 0.3) is 17.1 Å². The number of amides is 1. The number of rotatable bonds is 4. The Balaban J connectivity index is 1.78. The Bertz CT molecular complexity index is 1170. The van der Waals surface area contributed by atoms with E-state index < -0.39 is 0 Å². The summed E-state index contributed by atoms with van der Waals surface area (Å²) in [5.41, 5.74) is 4.42. The highest BCUT2D eigenvalue weighted by atomic mass is 35.5. The monoisotopic (exact) mass is 402 g/mol. The van der Waals surface area contributed by atoms with Gasteiger partial charge in [-0.2, -0.15) is 0 Å². The van der Waals surface area contributed by atoms with Gasteiger partial charge < -0.3 is 5.32 Å². The number of nitrogens with zero attached hydrogens (tertiary/aromatic N) is 3. The SMILES string of the molecule is Cc1ccc(NC(=O)c2nc(-c3ccccc3)n(-c3cc(Cl)ccc3C)n2)cc1. The van der Waals surface area contributed by atoms with Gasteiger partial charge in [0.1, 0.15) is 0 Å². The lowest BCUT2D eigenvalue weighted by molar-refractivity contribution is 0.101. The molecule has 29 heavy (non-hydrogen) atoms. The standard InChI is InChI=1S/C23H19ClN4O/c1-15-8-12-19(13-9-15)25-23(29)21-26-22(17-6-4-3-5-7-17)28(27-21)20-14-18(24)11-10-16(20)2/h3-14H,1-2H3,(H,25,29). The lowest BCUT2D eigenvalue weighted by Gasteiger charge is -2.09. The Kier molecular flexibility index (Phi) is 5.14. The highest BCUT2D eigenvalue weighted by molar-refractivity contribution is 6.30. The van der Waals surface area contributed by atoms with Crippen LogP contribution in [-0.4, -0.2) is 20.7 Å². The number of benzene rings is 3. The molecular weight excluding hydrogens is 384 g/mol. The van der Waals surface area contributed by atoms with Gasteiger partial charge in [0.2, 0.25) is 5.82 Å². The van der Waals surface area contributed by atoms with Crippen molar-refractivity contribution in [2.24, 2.45) is 0 Å². The summed E-state index contributed by atoms with van der Waals surface area (Å²) in [7, 11) is 0. The Morgan fingerprint density at radius 3 is 2.41 bits per heavy atom. The van der Waals surface area contributed by atoms with E-state index in [0.717, 1.165) is 22.4 Å². The van der Waals surface area contributed by atoms with Crippen molar-refractivity contribution in [3.63, 3.8) is 0 Å². The normalized spacial score (nSPS) is 10.7. The third kappa shape index (κ3) is 4.05. The smallest absolute Gasteiger partial charge is 0.295 e. The number of aryl methyl sites for hydroxylation is 2. The molecule has 4 rings (SSSR count). The van der Waals surface area contributed by atoms with Gasteiger partial charge in [0, 0.05) is 16.3 Å². The van der Waals surface area contributed by atoms with Crippen molar-refractivity contribution < 1.29 is 4.79 Å². The van der Waals surface area contributed by atoms with E-state index in [9.17, 15) is 4.79 Å². The molecule has 1 heterocycles. The molecule has 1 amide bonds. The second-order valence-corrected chi connectivity index (χ2v) is 7.22. The van der Waals surface area contributed by atoms with Gasteiger partial charge >= 0.3 is 0 Å². The Hall–Kier alpha value is -3.44. The van der Waals surface area contributed by atoms with E-state index in [-0.39, 0.29) is 11.7 Å². The van der Waals surface area contributed by atoms with Gasteiger partial charge in [-0.25, -0.2) is 9.67 Å². The van der Waals surface area contributed by atoms with Crippen molar-refractivity contribution in [1.29, 1.82) is 0 Å². The highest BCUT2D eigenvalue weighted by Crippen LogP contribution is 2.25. The molecule has 0 bridgehead atoms. The van der Waals surface area contributed by atoms with Crippen LogP contribution in [0.1, 0.15) is 21.7 Å². The Morgan fingerprint density at radius 1 is 0.966 bits per heavy atom. The summed E-state index contributed by atoms with van der Waals surface area (Å²) in [4.78, 5) is 17.3. The minimum absolute atomic E-state index is 0.0869. The van der Waals surface area contributed by atoms with Crippen LogP contribution in [0.15, 0.2) is 72.8 Å². The van der Waals surface area contributed by atoms with Crippen LogP contribution < -0.4 is 5.32 Å². The van der Waals surface area contributed by atoms with Gasteiger partial charge in [0.05, 0.1) is 5.69 Å². The molecule has 0 aliphatic heterocycles. The molecule has 0 unspecified atom stereocenters. The number of halogens is 1. The molecular formula is C23H19ClN4O. The molecule has 3 aromatic carbocycles. The van der Waals surface area contributed by atoms with Gasteiger partial charge in [-0.05, 0) is 43.7 Å². The number of aromatic nitrogens is 3. The molecule has 5 nitrogen and oxygen atoms in total. The quantitative estimate of drug-likeness (QED) is 0.493. The molecule has 4 aromatic rings. The van der Waals surface area contributed by atoms with Crippen LogP contribution in [0, 0.1) is 13.8 Å². The van der Waals surface area contributed by atoms with Crippen molar-refractivity contribution in [2.45, 2.75) is 13.8 Å². The predicted molar refractivity (Wildman–Crippen MR) is 116 cm³/mol. The molecule has 0 aliphatic carbocycles.